The number of carbonyl (C=O) groups excluding carboxylic acids is 1. The monoisotopic (exact) mass is 278 g/mol. The Kier molecular flexibility index (Phi) is 3.07. The molecule has 70 valence electrons. The zero-order valence-corrected chi connectivity index (χ0v) is 11.2. The molecule has 0 unspecified atom stereocenters. The quantitative estimate of drug-likeness (QED) is 0.584. The Balaban J connectivity index is 2.37. The van der Waals surface area contributed by atoms with Gasteiger partial charge < -0.3 is 0 Å². The minimum atomic E-state index is -1.77. The van der Waals surface area contributed by atoms with Gasteiger partial charge in [-0.3, -0.25) is 0 Å². The molecule has 2 nitrogen and oxygen atoms in total. The summed E-state index contributed by atoms with van der Waals surface area (Å²) < 4.78 is 5.73. The van der Waals surface area contributed by atoms with Gasteiger partial charge in [0, 0.05) is 0 Å². The second-order valence-electron chi connectivity index (χ2n) is 4.57. The van der Waals surface area contributed by atoms with Crippen molar-refractivity contribution in [2.24, 2.45) is 5.92 Å². The van der Waals surface area contributed by atoms with Crippen LogP contribution in [-0.2, 0) is 9.53 Å². The van der Waals surface area contributed by atoms with E-state index in [4.69, 9.17) is 4.74 Å². The molecule has 0 N–H and O–H groups in total. The van der Waals surface area contributed by atoms with Crippen LogP contribution in [0.1, 0.15) is 13.3 Å². The molecule has 0 aromatic heterocycles. The molecule has 0 aliphatic heterocycles. The van der Waals surface area contributed by atoms with Crippen LogP contribution >= 0.6 is 0 Å². The van der Waals surface area contributed by atoms with Crippen molar-refractivity contribution < 1.29 is 9.53 Å². The maximum atomic E-state index is 11.3. The van der Waals surface area contributed by atoms with Crippen molar-refractivity contribution in [3.8, 4) is 0 Å². The fourth-order valence-electron chi connectivity index (χ4n) is 1.66. The molecule has 1 aliphatic carbocycles. The van der Waals surface area contributed by atoms with E-state index < -0.39 is 18.4 Å². The fourth-order valence-corrected chi connectivity index (χ4v) is 8.24. The first kappa shape index (κ1) is 10.4. The van der Waals surface area contributed by atoms with Crippen LogP contribution in [0.5, 0.6) is 0 Å². The number of hydrogen-bond donors (Lipinski definition) is 0. The first-order valence-electron chi connectivity index (χ1n) is 4.63. The zero-order valence-electron chi connectivity index (χ0n) is 8.39. The van der Waals surface area contributed by atoms with Crippen LogP contribution in [0.15, 0.2) is 0 Å². The summed E-state index contributed by atoms with van der Waals surface area (Å²) in [6, 6.07) is 0. The average molecular weight is 277 g/mol. The molecule has 0 aromatic carbocycles. The zero-order chi connectivity index (χ0) is 9.35. The number of ether oxygens (including phenoxy) is 1. The normalized spacial score (nSPS) is 28.3. The van der Waals surface area contributed by atoms with Crippen LogP contribution in [0.2, 0.25) is 18.8 Å². The molecule has 0 aromatic rings. The van der Waals surface area contributed by atoms with Gasteiger partial charge >= 0.3 is 78.5 Å². The van der Waals surface area contributed by atoms with E-state index in [1.807, 2.05) is 6.92 Å². The van der Waals surface area contributed by atoms with Gasteiger partial charge in [-0.25, -0.2) is 0 Å². The summed E-state index contributed by atoms with van der Waals surface area (Å²) in [5.74, 6) is 0.329. The van der Waals surface area contributed by atoms with Gasteiger partial charge in [-0.2, -0.15) is 0 Å². The van der Waals surface area contributed by atoms with Crippen LogP contribution in [0, 0.1) is 5.92 Å². The summed E-state index contributed by atoms with van der Waals surface area (Å²) in [5, 5.41) is 0. The van der Waals surface area contributed by atoms with Crippen molar-refractivity contribution in [2.45, 2.75) is 32.1 Å². The molecular weight excluding hydrogens is 259 g/mol. The summed E-state index contributed by atoms with van der Waals surface area (Å²) in [6.45, 7) is 2.40. The predicted molar refractivity (Wildman–Crippen MR) is 51.8 cm³/mol. The van der Waals surface area contributed by atoms with Gasteiger partial charge in [0.2, 0.25) is 0 Å². The summed E-state index contributed by atoms with van der Waals surface area (Å²) in [6.07, 6.45) is 1.11. The third-order valence-corrected chi connectivity index (χ3v) is 10.7. The van der Waals surface area contributed by atoms with Crippen molar-refractivity contribution in [2.75, 3.05) is 6.61 Å². The van der Waals surface area contributed by atoms with Crippen LogP contribution in [0.25, 0.3) is 0 Å². The van der Waals surface area contributed by atoms with Crippen LogP contribution in [-0.4, -0.2) is 31.0 Å². The van der Waals surface area contributed by atoms with Gasteiger partial charge in [0.15, 0.2) is 0 Å². The molecule has 0 heterocycles. The Morgan fingerprint density at radius 2 is 2.08 bits per heavy atom. The van der Waals surface area contributed by atoms with E-state index in [2.05, 4.69) is 14.8 Å². The summed E-state index contributed by atoms with van der Waals surface area (Å²) >= 11 is -1.77. The molecule has 1 fully saturated rings. The fraction of sp³-hybridized carbons (Fsp3) is 0.889. The third-order valence-electron chi connectivity index (χ3n) is 2.49. The van der Waals surface area contributed by atoms with Crippen molar-refractivity contribution in [3.05, 3.63) is 0 Å². The van der Waals surface area contributed by atoms with Gasteiger partial charge in [-0.05, 0) is 0 Å². The SMILES string of the molecule is CCOC(=O)[C@H]1C[C@H]1[Sn]([CH3])([CH3])[CH3]. The molecule has 0 bridgehead atoms. The van der Waals surface area contributed by atoms with Gasteiger partial charge in [-0.15, -0.1) is 0 Å². The molecule has 12 heavy (non-hydrogen) atoms. The average Bonchev–Trinajstić information content (AvgIpc) is 2.62. The topological polar surface area (TPSA) is 26.3 Å². The van der Waals surface area contributed by atoms with Crippen LogP contribution in [0.4, 0.5) is 0 Å². The first-order valence-corrected chi connectivity index (χ1v) is 14.8. The first-order chi connectivity index (χ1) is 5.46. The summed E-state index contributed by atoms with van der Waals surface area (Å²) in [7, 11) is 0. The van der Waals surface area contributed by atoms with E-state index >= 15 is 0 Å². The second-order valence-corrected chi connectivity index (χ2v) is 20.2. The molecule has 1 saturated carbocycles. The van der Waals surface area contributed by atoms with E-state index in [1.54, 1.807) is 0 Å². The van der Waals surface area contributed by atoms with Gasteiger partial charge in [0.05, 0.1) is 0 Å². The van der Waals surface area contributed by atoms with Crippen molar-refractivity contribution in [1.82, 2.24) is 0 Å². The minimum absolute atomic E-state index is 0.0501. The molecule has 1 rings (SSSR count). The van der Waals surface area contributed by atoms with Crippen molar-refractivity contribution in [1.29, 1.82) is 0 Å². The molecule has 0 spiro atoms. The Hall–Kier alpha value is 0.269. The van der Waals surface area contributed by atoms with Gasteiger partial charge in [-0.1, -0.05) is 0 Å². The molecule has 0 amide bonds. The number of rotatable bonds is 3. The molecular formula is C9H18O2Sn. The molecule has 1 aliphatic rings. The molecule has 0 radical (unpaired) electrons. The summed E-state index contributed by atoms with van der Waals surface area (Å²) in [4.78, 5) is 18.4. The number of carbonyl (C=O) groups is 1. The van der Waals surface area contributed by atoms with E-state index in [0.29, 0.717) is 6.61 Å². The second kappa shape index (κ2) is 3.56. The van der Waals surface area contributed by atoms with E-state index in [9.17, 15) is 4.79 Å². The Morgan fingerprint density at radius 1 is 1.50 bits per heavy atom. The van der Waals surface area contributed by atoms with Crippen LogP contribution < -0.4 is 0 Å². The van der Waals surface area contributed by atoms with Gasteiger partial charge in [0.1, 0.15) is 0 Å². The van der Waals surface area contributed by atoms with Crippen molar-refractivity contribution in [3.63, 3.8) is 0 Å². The Labute approximate surface area is 78.5 Å². The molecule has 2 atom stereocenters. The predicted octanol–water partition coefficient (Wildman–Crippen LogP) is 2.28. The number of hydrogen-bond acceptors (Lipinski definition) is 2. The number of esters is 1. The standard InChI is InChI=1S/C6H9O2.3CH3.Sn/c1-2-8-6(7)5-3-4-5;;;;/h3,5H,2,4H2,1H3;3*1H3;/t5-;;;;/m1..../s1. The molecule has 0 saturated heterocycles. The van der Waals surface area contributed by atoms with E-state index in [1.165, 1.54) is 0 Å². The Bertz CT molecular complexity index is 183. The van der Waals surface area contributed by atoms with Crippen molar-refractivity contribution >= 4 is 24.3 Å². The third kappa shape index (κ3) is 2.38. The van der Waals surface area contributed by atoms with Crippen LogP contribution in [0.3, 0.4) is 0 Å². The maximum absolute atomic E-state index is 11.3. The van der Waals surface area contributed by atoms with E-state index in [-0.39, 0.29) is 11.9 Å². The molecule has 3 heteroatoms. The Morgan fingerprint density at radius 3 is 2.42 bits per heavy atom. The van der Waals surface area contributed by atoms with Gasteiger partial charge in [0.25, 0.3) is 0 Å². The van der Waals surface area contributed by atoms with E-state index in [0.717, 1.165) is 10.4 Å². The summed E-state index contributed by atoms with van der Waals surface area (Å²) in [5.41, 5.74) is 0.